The fraction of sp³-hybridized carbons (Fsp3) is 0.553. The molecule has 6 aliphatic rings. The summed E-state index contributed by atoms with van der Waals surface area (Å²) in [4.78, 5) is 183. The summed E-state index contributed by atoms with van der Waals surface area (Å²) in [6, 6.07) is 16.3. The molecule has 8 N–H and O–H groups in total. The second kappa shape index (κ2) is 41.0. The highest BCUT2D eigenvalue weighted by Crippen LogP contribution is 2.35. The van der Waals surface area contributed by atoms with Crippen LogP contribution in [0.2, 0.25) is 0 Å². The number of nitrogens with zero attached hydrogens (tertiary/aromatic N) is 5. The van der Waals surface area contributed by atoms with Crippen LogP contribution < -0.4 is 42.0 Å². The number of hydrogen-bond acceptors (Lipinski definition) is 17. The lowest BCUT2D eigenvalue weighted by Crippen LogP contribution is -2.62. The van der Waals surface area contributed by atoms with Gasteiger partial charge in [0.2, 0.25) is 59.1 Å². The number of quaternary nitrogens is 1. The van der Waals surface area contributed by atoms with Gasteiger partial charge in [0.05, 0.1) is 78.5 Å². The zero-order chi connectivity index (χ0) is 82.5. The second-order valence-electron chi connectivity index (χ2n) is 32.2. The van der Waals surface area contributed by atoms with E-state index >= 15 is 28.4 Å². The van der Waals surface area contributed by atoms with Crippen molar-refractivity contribution in [2.75, 3.05) is 94.0 Å². The Morgan fingerprint density at radius 2 is 1.42 bits per heavy atom. The summed E-state index contributed by atoms with van der Waals surface area (Å²) in [7, 11) is 7.64. The van der Waals surface area contributed by atoms with Crippen LogP contribution in [-0.2, 0) is 117 Å². The van der Waals surface area contributed by atoms with Gasteiger partial charge in [-0.25, -0.2) is 4.39 Å². The van der Waals surface area contributed by atoms with Crippen molar-refractivity contribution >= 4 is 81.5 Å². The minimum Gasteiger partial charge on any atom is -0.497 e. The Balaban J connectivity index is 1.04. The van der Waals surface area contributed by atoms with Gasteiger partial charge in [0.1, 0.15) is 54.9 Å². The Labute approximate surface area is 671 Å². The molecule has 12 bridgehead atoms. The average molecular weight is 1590 g/mol. The SMILES string of the molecule is COc1ccc(C[C@@H]2NC(=O)[C@H]([C@@H](C)O)NC(=O)[C@@H]3[C@@H]4CCN3C(=O)[C@H]3CC(=O)[C@H](Cc5cccc(c5)CNC(=O)CO4)NC(=O)[C@@H](C)NC(=O)[C@H](CNC(=O)CCOCCOCC[N+](C)(C)C)NC(=O)CCC(=O)N(CCCCCCn4cc(c5cc(F)ccc54)C3)Cc3ccc(cc3)CCCC(=O)[C@]3(C)CCCN3C2=O)cc1. The van der Waals surface area contributed by atoms with Crippen LogP contribution in [0.3, 0.4) is 0 Å². The Morgan fingerprint density at radius 1 is 0.687 bits per heavy atom. The number of aryl methyl sites for hydroxylation is 2. The second-order valence-corrected chi connectivity index (χ2v) is 32.2. The molecule has 622 valence electrons. The van der Waals surface area contributed by atoms with Crippen LogP contribution in [0.1, 0.15) is 138 Å². The molecule has 7 heterocycles. The number of likely N-dealkylation sites (N-methyl/N-ethyl adjacent to an activating group) is 1. The first-order chi connectivity index (χ1) is 55.0. The third-order valence-corrected chi connectivity index (χ3v) is 22.3. The van der Waals surface area contributed by atoms with Crippen LogP contribution in [0.4, 0.5) is 4.39 Å². The van der Waals surface area contributed by atoms with E-state index in [4.69, 9.17) is 18.9 Å². The number of nitrogens with one attached hydrogen (secondary N) is 7. The summed E-state index contributed by atoms with van der Waals surface area (Å²) in [5, 5.41) is 31.3. The molecule has 0 radical (unpaired) electrons. The first-order valence-electron chi connectivity index (χ1n) is 40.3. The largest absolute Gasteiger partial charge is 0.497 e. The molecule has 0 spiro atoms. The van der Waals surface area contributed by atoms with Crippen LogP contribution in [0.5, 0.6) is 5.75 Å². The molecule has 2 fully saturated rings. The summed E-state index contributed by atoms with van der Waals surface area (Å²) in [6.07, 6.45) is 1.09. The van der Waals surface area contributed by atoms with E-state index in [0.717, 1.165) is 17.7 Å². The van der Waals surface area contributed by atoms with Crippen molar-refractivity contribution < 1.29 is 90.5 Å². The highest BCUT2D eigenvalue weighted by Gasteiger charge is 2.49. The van der Waals surface area contributed by atoms with Crippen molar-refractivity contribution in [3.05, 3.63) is 136 Å². The zero-order valence-electron chi connectivity index (χ0n) is 67.2. The predicted octanol–water partition coefficient (Wildman–Crippen LogP) is 3.75. The van der Waals surface area contributed by atoms with Crippen molar-refractivity contribution in [1.82, 2.24) is 56.5 Å². The predicted molar refractivity (Wildman–Crippen MR) is 423 cm³/mol. The number of ether oxygens (including phenoxy) is 4. The van der Waals surface area contributed by atoms with Crippen LogP contribution in [-0.4, -0.2) is 248 Å². The fourth-order valence-electron chi connectivity index (χ4n) is 15.6. The zero-order valence-corrected chi connectivity index (χ0v) is 67.2. The molecule has 2 saturated heterocycles. The fourth-order valence-corrected chi connectivity index (χ4v) is 15.6. The molecule has 0 aliphatic carbocycles. The highest BCUT2D eigenvalue weighted by atomic mass is 19.1. The lowest BCUT2D eigenvalue weighted by atomic mass is 9.88. The Bertz CT molecular complexity index is 4280. The van der Waals surface area contributed by atoms with Gasteiger partial charge in [0.25, 0.3) is 0 Å². The van der Waals surface area contributed by atoms with Gasteiger partial charge >= 0.3 is 0 Å². The number of aliphatic hydroxyl groups excluding tert-OH is 1. The van der Waals surface area contributed by atoms with Gasteiger partial charge in [-0.15, -0.1) is 0 Å². The summed E-state index contributed by atoms with van der Waals surface area (Å²) in [5.74, 6) is -9.77. The van der Waals surface area contributed by atoms with Gasteiger partial charge in [-0.05, 0) is 142 Å². The molecule has 10 atom stereocenters. The minimum absolute atomic E-state index is 0.00557. The molecule has 29 nitrogen and oxygen atoms in total. The van der Waals surface area contributed by atoms with Crippen molar-refractivity contribution in [3.63, 3.8) is 0 Å². The smallest absolute Gasteiger partial charge is 0.246 e. The van der Waals surface area contributed by atoms with Crippen LogP contribution >= 0.6 is 0 Å². The molecule has 11 rings (SSSR count). The maximum Gasteiger partial charge on any atom is 0.246 e. The quantitative estimate of drug-likeness (QED) is 0.0546. The van der Waals surface area contributed by atoms with E-state index in [2.05, 4.69) is 37.2 Å². The van der Waals surface area contributed by atoms with Gasteiger partial charge in [0.15, 0.2) is 11.6 Å². The van der Waals surface area contributed by atoms with Gasteiger partial charge in [0, 0.05) is 107 Å². The molecule has 1 aromatic heterocycles. The van der Waals surface area contributed by atoms with E-state index < -0.39 is 144 Å². The van der Waals surface area contributed by atoms with Crippen LogP contribution in [0, 0.1) is 11.7 Å². The van der Waals surface area contributed by atoms with E-state index in [1.54, 1.807) is 72.6 Å². The van der Waals surface area contributed by atoms with E-state index in [1.807, 2.05) is 50.0 Å². The first kappa shape index (κ1) is 87.4. The number of amides is 10. The molecule has 10 amide bonds. The Kier molecular flexibility index (Phi) is 31.2. The molecule has 0 unspecified atom stereocenters. The number of methoxy groups -OCH3 is 1. The van der Waals surface area contributed by atoms with Gasteiger partial charge in [-0.2, -0.15) is 0 Å². The number of Topliss-reactive ketones (excluding diaryl/α,β-unsaturated/α-hetero) is 2. The average Bonchev–Trinajstić information content (AvgIpc) is 1.69. The molecular formula is C85H114FN12O17+. The summed E-state index contributed by atoms with van der Waals surface area (Å²) < 4.78 is 41.5. The van der Waals surface area contributed by atoms with Gasteiger partial charge in [-0.1, -0.05) is 73.5 Å². The lowest BCUT2D eigenvalue weighted by molar-refractivity contribution is -0.870. The van der Waals surface area contributed by atoms with E-state index in [0.29, 0.717) is 121 Å². The maximum absolute atomic E-state index is 16.2. The molecule has 5 aromatic rings. The number of aromatic nitrogens is 1. The highest BCUT2D eigenvalue weighted by molar-refractivity contribution is 6.00. The summed E-state index contributed by atoms with van der Waals surface area (Å²) in [6.45, 7) is 5.85. The van der Waals surface area contributed by atoms with Crippen molar-refractivity contribution in [3.8, 4) is 5.75 Å². The molecule has 0 saturated carbocycles. The monoisotopic (exact) mass is 1590 g/mol. The number of carbonyl (C=O) groups excluding carboxylic acids is 12. The number of ketones is 2. The summed E-state index contributed by atoms with van der Waals surface area (Å²) >= 11 is 0. The van der Waals surface area contributed by atoms with Crippen molar-refractivity contribution in [1.29, 1.82) is 0 Å². The number of halogens is 1. The van der Waals surface area contributed by atoms with Crippen molar-refractivity contribution in [2.45, 2.75) is 204 Å². The maximum atomic E-state index is 16.2. The minimum atomic E-state index is -1.83. The number of aliphatic hydroxyl groups is 1. The third kappa shape index (κ3) is 24.5. The number of benzene rings is 4. The van der Waals surface area contributed by atoms with E-state index in [9.17, 15) is 38.7 Å². The molecule has 6 aliphatic heterocycles. The van der Waals surface area contributed by atoms with Gasteiger partial charge < -0.3 is 85.0 Å². The number of hydrogen-bond donors (Lipinski definition) is 8. The topological polar surface area (TPSA) is 361 Å². The van der Waals surface area contributed by atoms with Gasteiger partial charge in [-0.3, -0.25) is 57.5 Å². The molecule has 115 heavy (non-hydrogen) atoms. The third-order valence-electron chi connectivity index (χ3n) is 22.3. The van der Waals surface area contributed by atoms with E-state index in [1.165, 1.54) is 42.9 Å². The number of carbonyl (C=O) groups is 12. The molecule has 4 aromatic carbocycles. The Hall–Kier alpha value is -10.0. The lowest BCUT2D eigenvalue weighted by Gasteiger charge is -2.37. The van der Waals surface area contributed by atoms with E-state index in [-0.39, 0.29) is 102 Å². The first-order valence-corrected chi connectivity index (χ1v) is 40.3. The normalized spacial score (nSPS) is 24.7. The molecular weight excluding hydrogens is 1480 g/mol. The summed E-state index contributed by atoms with van der Waals surface area (Å²) in [5.41, 5.74) is 3.12. The molecule has 30 heteroatoms. The van der Waals surface area contributed by atoms with Crippen molar-refractivity contribution in [2.24, 2.45) is 5.92 Å². The number of rotatable bonds is 15. The van der Waals surface area contributed by atoms with Crippen LogP contribution in [0.15, 0.2) is 97.2 Å². The van der Waals surface area contributed by atoms with Crippen LogP contribution in [0.25, 0.3) is 10.9 Å². The Morgan fingerprint density at radius 3 is 2.16 bits per heavy atom. The standard InChI is InChI=1S/C85H113FN12O17/c1-54-79(106)91-66-45-59-16-12-17-60(43-59)49-87-75(104)53-115-71-31-37-96-78(71)82(109)93-77(55(2)99)81(108)92-67(44-57-23-26-64(112-7)27-24-57)84(111)97-36-14-33-85(97,3)72(101)18-13-15-56-19-21-58(22-20-56)51-95(35-11-9-8-10-34-94-52-62(46-61(83(96)110)47-70(66)100)65-48-63(86)25-28-69(65)94)76(105)30-29-74(103)90-68(80(107)89-54)50-88-73(102)32-39-113-41-42-114-40-38-98(4,5)6/h12,16-17,19-28,43,48,52,54-55,61,66-68,71,77-78,99H,8-11,13-15,18,29-42,44-47,49-51,53H2,1-7H3,(H6-,87,88,89,90,91,92,93,102,103,104,106,107,108,109)/p+1/t54-,55-,61-,66+,67+,68+,71+,77+,78+,85+/m1/s1. The number of fused-ring (bicyclic) bond motifs is 16.